The topological polar surface area (TPSA) is 23.8 Å². The van der Waals surface area contributed by atoms with Crippen molar-refractivity contribution in [1.29, 1.82) is 5.26 Å². The lowest BCUT2D eigenvalue weighted by Gasteiger charge is -2.36. The lowest BCUT2D eigenvalue weighted by atomic mass is 9.75. The van der Waals surface area contributed by atoms with Gasteiger partial charge in [-0.25, -0.2) is 8.78 Å². The molecule has 0 fully saturated rings. The smallest absolute Gasteiger partial charge is 0.201 e. The number of hydrogen-bond donors (Lipinski definition) is 0. The molecule has 0 amide bonds. The minimum atomic E-state index is -2.59. The van der Waals surface area contributed by atoms with Crippen LogP contribution >= 0.6 is 0 Å². The van der Waals surface area contributed by atoms with E-state index in [4.69, 9.17) is 5.26 Å². The Kier molecular flexibility index (Phi) is 5.23. The molecule has 0 saturated carbocycles. The van der Waals surface area contributed by atoms with E-state index in [-0.39, 0.29) is 5.56 Å². The van der Waals surface area contributed by atoms with Crippen molar-refractivity contribution in [2.45, 2.75) is 50.9 Å². The maximum absolute atomic E-state index is 12.9. The Hall–Kier alpha value is -2.47. The van der Waals surface area contributed by atoms with E-state index >= 15 is 0 Å². The molecule has 0 heterocycles. The van der Waals surface area contributed by atoms with E-state index in [2.05, 4.69) is 30.8 Å². The molecule has 1 nitrogen and oxygen atoms in total. The summed E-state index contributed by atoms with van der Waals surface area (Å²) in [5, 5.41) is 8.68. The second-order valence-electron chi connectivity index (χ2n) is 7.13. The summed E-state index contributed by atoms with van der Waals surface area (Å²) in [4.78, 5) is 0. The third-order valence-corrected chi connectivity index (χ3v) is 5.32. The van der Waals surface area contributed by atoms with Crippen LogP contribution in [0.25, 0.3) is 0 Å². The molecule has 0 aliphatic heterocycles. The van der Waals surface area contributed by atoms with Crippen molar-refractivity contribution in [2.75, 3.05) is 0 Å². The number of aryl methyl sites for hydroxylation is 2. The first-order valence-electron chi connectivity index (χ1n) is 9.09. The summed E-state index contributed by atoms with van der Waals surface area (Å²) in [5.74, 6) is -3.19. The highest BCUT2D eigenvalue weighted by molar-refractivity contribution is 5.44. The molecule has 0 radical (unpaired) electrons. The predicted octanol–water partition coefficient (Wildman–Crippen LogP) is 6.08. The van der Waals surface area contributed by atoms with Gasteiger partial charge in [0.1, 0.15) is 0 Å². The highest BCUT2D eigenvalue weighted by Gasteiger charge is 2.50. The Balaban J connectivity index is 0.000000158. The first-order chi connectivity index (χ1) is 12.4. The van der Waals surface area contributed by atoms with Crippen molar-refractivity contribution in [2.24, 2.45) is 0 Å². The number of halogens is 2. The van der Waals surface area contributed by atoms with Gasteiger partial charge in [-0.2, -0.15) is 5.26 Å². The number of benzene rings is 2. The van der Waals surface area contributed by atoms with Crippen molar-refractivity contribution in [1.82, 2.24) is 0 Å². The van der Waals surface area contributed by atoms with Crippen LogP contribution in [0, 0.1) is 11.3 Å². The van der Waals surface area contributed by atoms with Gasteiger partial charge in [-0.3, -0.25) is 0 Å². The van der Waals surface area contributed by atoms with Gasteiger partial charge in [0, 0.05) is 23.5 Å². The fourth-order valence-electron chi connectivity index (χ4n) is 3.71. The average molecular weight is 351 g/mol. The standard InChI is InChI=1S/C14H15N.C9H8F2/c1-11(10-15)8-12-6-7-13-4-2-3-5-14(13)9-12;1-6-7-4-2-3-5-8(7)9(6,10)11/h6-7,9H,1-5,8H2;2-6H,1H3. The number of fused-ring (bicyclic) bond motifs is 2. The van der Waals surface area contributed by atoms with Crippen molar-refractivity contribution in [3.8, 4) is 6.07 Å². The predicted molar refractivity (Wildman–Crippen MR) is 100 cm³/mol. The molecule has 3 heteroatoms. The Morgan fingerprint density at radius 1 is 1.15 bits per heavy atom. The minimum absolute atomic E-state index is 0.201. The van der Waals surface area contributed by atoms with Crippen LogP contribution < -0.4 is 0 Å². The minimum Gasteiger partial charge on any atom is -0.201 e. The van der Waals surface area contributed by atoms with E-state index in [0.717, 1.165) is 5.56 Å². The van der Waals surface area contributed by atoms with Crippen LogP contribution in [0.5, 0.6) is 0 Å². The zero-order valence-electron chi connectivity index (χ0n) is 15.1. The summed E-state index contributed by atoms with van der Waals surface area (Å²) >= 11 is 0. The lowest BCUT2D eigenvalue weighted by molar-refractivity contribution is -0.0560. The fourth-order valence-corrected chi connectivity index (χ4v) is 3.71. The number of nitrogens with zero attached hydrogens (tertiary/aromatic N) is 1. The quantitative estimate of drug-likeness (QED) is 0.601. The van der Waals surface area contributed by atoms with E-state index in [1.54, 1.807) is 25.1 Å². The molecule has 0 aromatic heterocycles. The fraction of sp³-hybridized carbons (Fsp3) is 0.348. The van der Waals surface area contributed by atoms with Crippen LogP contribution in [0.2, 0.25) is 0 Å². The van der Waals surface area contributed by atoms with Gasteiger partial charge in [0.25, 0.3) is 5.92 Å². The maximum atomic E-state index is 12.9. The molecule has 26 heavy (non-hydrogen) atoms. The number of allylic oxidation sites excluding steroid dienone is 1. The SMILES string of the molecule is C=C(C#N)Cc1ccc2c(c1)CCCC2.CC1c2ccccc2C1(F)F. The molecule has 0 bridgehead atoms. The van der Waals surface area contributed by atoms with Gasteiger partial charge in [-0.1, -0.05) is 56.0 Å². The summed E-state index contributed by atoms with van der Waals surface area (Å²) in [5.41, 5.74) is 5.83. The first kappa shape index (κ1) is 18.3. The number of hydrogen-bond acceptors (Lipinski definition) is 1. The van der Waals surface area contributed by atoms with Crippen molar-refractivity contribution < 1.29 is 8.78 Å². The van der Waals surface area contributed by atoms with Crippen molar-refractivity contribution >= 4 is 0 Å². The summed E-state index contributed by atoms with van der Waals surface area (Å²) in [7, 11) is 0. The first-order valence-corrected chi connectivity index (χ1v) is 9.09. The molecule has 1 atom stereocenters. The Bertz CT molecular complexity index is 861. The molecule has 0 saturated heterocycles. The summed E-state index contributed by atoms with van der Waals surface area (Å²) in [6, 6.07) is 15.4. The largest absolute Gasteiger partial charge is 0.279 e. The number of nitriles is 1. The monoisotopic (exact) mass is 351 g/mol. The third kappa shape index (κ3) is 3.55. The van der Waals surface area contributed by atoms with Crippen LogP contribution in [0.1, 0.15) is 53.5 Å². The molecule has 4 rings (SSSR count). The molecule has 134 valence electrons. The van der Waals surface area contributed by atoms with E-state index in [9.17, 15) is 8.78 Å². The van der Waals surface area contributed by atoms with Gasteiger partial charge in [0.2, 0.25) is 0 Å². The van der Waals surface area contributed by atoms with Crippen LogP contribution in [0.4, 0.5) is 8.78 Å². The molecule has 2 aliphatic carbocycles. The molecule has 2 aliphatic rings. The third-order valence-electron chi connectivity index (χ3n) is 5.32. The van der Waals surface area contributed by atoms with Gasteiger partial charge >= 0.3 is 0 Å². The van der Waals surface area contributed by atoms with Crippen molar-refractivity contribution in [3.05, 3.63) is 82.4 Å². The normalized spacial score (nSPS) is 18.9. The lowest BCUT2D eigenvalue weighted by Crippen LogP contribution is -2.33. The molecule has 0 N–H and O–H groups in total. The van der Waals surface area contributed by atoms with E-state index in [1.807, 2.05) is 0 Å². The second-order valence-corrected chi connectivity index (χ2v) is 7.13. The zero-order chi connectivity index (χ0) is 18.7. The van der Waals surface area contributed by atoms with Gasteiger partial charge in [0.05, 0.1) is 6.07 Å². The van der Waals surface area contributed by atoms with Gasteiger partial charge < -0.3 is 0 Å². The Morgan fingerprint density at radius 2 is 1.85 bits per heavy atom. The molecular weight excluding hydrogens is 328 g/mol. The number of rotatable bonds is 2. The highest BCUT2D eigenvalue weighted by Crippen LogP contribution is 2.53. The molecule has 0 spiro atoms. The van der Waals surface area contributed by atoms with Crippen LogP contribution in [-0.4, -0.2) is 0 Å². The highest BCUT2D eigenvalue weighted by atomic mass is 19.3. The average Bonchev–Trinajstić information content (AvgIpc) is 2.68. The summed E-state index contributed by atoms with van der Waals surface area (Å²) in [6.45, 7) is 5.28. The van der Waals surface area contributed by atoms with Gasteiger partial charge in [0.15, 0.2) is 0 Å². The summed E-state index contributed by atoms with van der Waals surface area (Å²) in [6.07, 6.45) is 5.73. The van der Waals surface area contributed by atoms with E-state index in [1.165, 1.54) is 48.4 Å². The summed E-state index contributed by atoms with van der Waals surface area (Å²) < 4.78 is 25.8. The Morgan fingerprint density at radius 3 is 2.54 bits per heavy atom. The zero-order valence-corrected chi connectivity index (χ0v) is 15.1. The number of alkyl halides is 2. The van der Waals surface area contributed by atoms with Crippen molar-refractivity contribution in [3.63, 3.8) is 0 Å². The van der Waals surface area contributed by atoms with E-state index < -0.39 is 11.8 Å². The molecular formula is C23H23F2N. The van der Waals surface area contributed by atoms with Crippen LogP contribution in [0.15, 0.2) is 54.6 Å². The maximum Gasteiger partial charge on any atom is 0.279 e. The van der Waals surface area contributed by atoms with Gasteiger partial charge in [-0.15, -0.1) is 0 Å². The molecule has 1 unspecified atom stereocenters. The molecule has 2 aromatic carbocycles. The Labute approximate surface area is 154 Å². The van der Waals surface area contributed by atoms with Crippen LogP contribution in [0.3, 0.4) is 0 Å². The second kappa shape index (κ2) is 7.41. The molecule has 2 aromatic rings. The van der Waals surface area contributed by atoms with Crippen LogP contribution in [-0.2, 0) is 25.2 Å². The van der Waals surface area contributed by atoms with E-state index in [0.29, 0.717) is 12.0 Å². The van der Waals surface area contributed by atoms with Gasteiger partial charge in [-0.05, 0) is 47.9 Å².